The Morgan fingerprint density at radius 3 is 2.00 bits per heavy atom. The van der Waals surface area contributed by atoms with Gasteiger partial charge in [-0.3, -0.25) is 9.59 Å². The fourth-order valence-corrected chi connectivity index (χ4v) is 2.77. The number of amides is 2. The van der Waals surface area contributed by atoms with Crippen LogP contribution in [0.25, 0.3) is 0 Å². The smallest absolute Gasteiger partial charge is 0.225 e. The van der Waals surface area contributed by atoms with Gasteiger partial charge in [0.25, 0.3) is 0 Å². The van der Waals surface area contributed by atoms with Gasteiger partial charge in [0.05, 0.1) is 0 Å². The number of benzene rings is 1. The molecule has 1 aromatic rings. The summed E-state index contributed by atoms with van der Waals surface area (Å²) in [5.41, 5.74) is 1.49. The number of hydrogen-bond acceptors (Lipinski definition) is 4. The highest BCUT2D eigenvalue weighted by atomic mass is 16.2. The Kier molecular flexibility index (Phi) is 7.71. The summed E-state index contributed by atoms with van der Waals surface area (Å²) in [4.78, 5) is 26.0. The molecule has 2 rings (SSSR count). The number of piperidine rings is 1. The number of nitrogens with zero attached hydrogens (tertiary/aromatic N) is 1. The van der Waals surface area contributed by atoms with Gasteiger partial charge in [0, 0.05) is 37.3 Å². The lowest BCUT2D eigenvalue weighted by Gasteiger charge is -2.25. The molecule has 0 aliphatic carbocycles. The van der Waals surface area contributed by atoms with Gasteiger partial charge < -0.3 is 20.9 Å². The zero-order valence-corrected chi connectivity index (χ0v) is 14.4. The minimum Gasteiger partial charge on any atom is -0.326 e. The number of carbonyl (C=O) groups excluding carboxylic acids is 2. The van der Waals surface area contributed by atoms with E-state index in [0.29, 0.717) is 19.4 Å². The number of hydrogen-bond donors (Lipinski definition) is 3. The van der Waals surface area contributed by atoms with Crippen molar-refractivity contribution in [3.05, 3.63) is 24.3 Å². The minimum atomic E-state index is -0.0253. The van der Waals surface area contributed by atoms with Crippen LogP contribution in [0.1, 0.15) is 32.1 Å². The SMILES string of the molecule is CNCCC(=O)Nc1ccc(NC(=O)CCN2CCCCC2)cc1. The Bertz CT molecular complexity index is 524. The van der Waals surface area contributed by atoms with E-state index in [1.807, 2.05) is 19.2 Å². The first-order valence-corrected chi connectivity index (χ1v) is 8.74. The van der Waals surface area contributed by atoms with E-state index in [1.54, 1.807) is 12.1 Å². The molecular weight excluding hydrogens is 304 g/mol. The molecule has 1 heterocycles. The summed E-state index contributed by atoms with van der Waals surface area (Å²) >= 11 is 0. The molecule has 0 atom stereocenters. The quantitative estimate of drug-likeness (QED) is 0.681. The third-order valence-electron chi connectivity index (χ3n) is 4.16. The first-order valence-electron chi connectivity index (χ1n) is 8.74. The number of anilines is 2. The average Bonchev–Trinajstić information content (AvgIpc) is 2.61. The van der Waals surface area contributed by atoms with Gasteiger partial charge in [0.1, 0.15) is 0 Å². The van der Waals surface area contributed by atoms with Crippen molar-refractivity contribution in [2.24, 2.45) is 0 Å². The number of likely N-dealkylation sites (tertiary alicyclic amines) is 1. The normalized spacial score (nSPS) is 15.0. The van der Waals surface area contributed by atoms with E-state index in [4.69, 9.17) is 0 Å². The van der Waals surface area contributed by atoms with E-state index in [-0.39, 0.29) is 11.8 Å². The Morgan fingerprint density at radius 2 is 1.46 bits per heavy atom. The van der Waals surface area contributed by atoms with E-state index in [0.717, 1.165) is 31.0 Å². The van der Waals surface area contributed by atoms with Gasteiger partial charge in [-0.1, -0.05) is 6.42 Å². The molecule has 0 spiro atoms. The molecule has 1 aliphatic rings. The van der Waals surface area contributed by atoms with Gasteiger partial charge in [-0.2, -0.15) is 0 Å². The maximum absolute atomic E-state index is 12.0. The molecule has 0 bridgehead atoms. The maximum atomic E-state index is 12.0. The molecule has 0 unspecified atom stereocenters. The van der Waals surface area contributed by atoms with Crippen LogP contribution >= 0.6 is 0 Å². The fourth-order valence-electron chi connectivity index (χ4n) is 2.77. The Labute approximate surface area is 144 Å². The highest BCUT2D eigenvalue weighted by Gasteiger charge is 2.11. The zero-order chi connectivity index (χ0) is 17.2. The van der Waals surface area contributed by atoms with Crippen molar-refractivity contribution < 1.29 is 9.59 Å². The first kappa shape index (κ1) is 18.4. The van der Waals surface area contributed by atoms with E-state index in [1.165, 1.54) is 19.3 Å². The summed E-state index contributed by atoms with van der Waals surface area (Å²) in [5, 5.41) is 8.67. The predicted molar refractivity (Wildman–Crippen MR) is 97.2 cm³/mol. The monoisotopic (exact) mass is 332 g/mol. The molecule has 1 saturated heterocycles. The van der Waals surface area contributed by atoms with Crippen molar-refractivity contribution in [3.8, 4) is 0 Å². The number of nitrogens with one attached hydrogen (secondary N) is 3. The van der Waals surface area contributed by atoms with Gasteiger partial charge in [-0.25, -0.2) is 0 Å². The molecule has 2 amide bonds. The van der Waals surface area contributed by atoms with Crippen LogP contribution in [0.15, 0.2) is 24.3 Å². The number of rotatable bonds is 8. The lowest BCUT2D eigenvalue weighted by molar-refractivity contribution is -0.117. The summed E-state index contributed by atoms with van der Waals surface area (Å²) in [6.45, 7) is 3.69. The third kappa shape index (κ3) is 6.68. The second-order valence-electron chi connectivity index (χ2n) is 6.18. The van der Waals surface area contributed by atoms with Gasteiger partial charge in [0.15, 0.2) is 0 Å². The van der Waals surface area contributed by atoms with Crippen LogP contribution in [0.2, 0.25) is 0 Å². The molecule has 0 radical (unpaired) electrons. The lowest BCUT2D eigenvalue weighted by atomic mass is 10.1. The van der Waals surface area contributed by atoms with Crippen molar-refractivity contribution in [2.45, 2.75) is 32.1 Å². The number of carbonyl (C=O) groups is 2. The van der Waals surface area contributed by atoms with Crippen molar-refractivity contribution in [2.75, 3.05) is 43.9 Å². The van der Waals surface area contributed by atoms with E-state index in [2.05, 4.69) is 20.9 Å². The Morgan fingerprint density at radius 1 is 0.917 bits per heavy atom. The van der Waals surface area contributed by atoms with Gasteiger partial charge >= 0.3 is 0 Å². The summed E-state index contributed by atoms with van der Waals surface area (Å²) < 4.78 is 0. The van der Waals surface area contributed by atoms with Crippen LogP contribution in [-0.2, 0) is 9.59 Å². The molecule has 132 valence electrons. The molecular formula is C18H28N4O2. The van der Waals surface area contributed by atoms with Crippen molar-refractivity contribution in [1.29, 1.82) is 0 Å². The lowest BCUT2D eigenvalue weighted by Crippen LogP contribution is -2.32. The topological polar surface area (TPSA) is 73.5 Å². The van der Waals surface area contributed by atoms with Gasteiger partial charge in [-0.15, -0.1) is 0 Å². The molecule has 6 heteroatoms. The van der Waals surface area contributed by atoms with Gasteiger partial charge in [0.2, 0.25) is 11.8 Å². The summed E-state index contributed by atoms with van der Waals surface area (Å²) in [5.74, 6) is 0.00838. The van der Waals surface area contributed by atoms with Gasteiger partial charge in [-0.05, 0) is 57.2 Å². The van der Waals surface area contributed by atoms with E-state index >= 15 is 0 Å². The van der Waals surface area contributed by atoms with E-state index in [9.17, 15) is 9.59 Å². The molecule has 1 aliphatic heterocycles. The summed E-state index contributed by atoms with van der Waals surface area (Å²) in [7, 11) is 1.82. The summed E-state index contributed by atoms with van der Waals surface area (Å²) in [6, 6.07) is 7.23. The fraction of sp³-hybridized carbons (Fsp3) is 0.556. The minimum absolute atomic E-state index is 0.0253. The summed E-state index contributed by atoms with van der Waals surface area (Å²) in [6.07, 6.45) is 4.74. The Hall–Kier alpha value is -1.92. The highest BCUT2D eigenvalue weighted by molar-refractivity contribution is 5.93. The molecule has 24 heavy (non-hydrogen) atoms. The van der Waals surface area contributed by atoms with Crippen LogP contribution in [0.3, 0.4) is 0 Å². The molecule has 0 saturated carbocycles. The van der Waals surface area contributed by atoms with E-state index < -0.39 is 0 Å². The van der Waals surface area contributed by atoms with Crippen molar-refractivity contribution >= 4 is 23.2 Å². The van der Waals surface area contributed by atoms with Crippen LogP contribution < -0.4 is 16.0 Å². The molecule has 6 nitrogen and oxygen atoms in total. The third-order valence-corrected chi connectivity index (χ3v) is 4.16. The Balaban J connectivity index is 1.72. The average molecular weight is 332 g/mol. The largest absolute Gasteiger partial charge is 0.326 e. The molecule has 3 N–H and O–H groups in total. The standard InChI is InChI=1S/C18H28N4O2/c1-19-11-9-17(23)20-15-5-7-16(8-6-15)21-18(24)10-14-22-12-3-2-4-13-22/h5-8,19H,2-4,9-14H2,1H3,(H,20,23)(H,21,24). The molecule has 1 fully saturated rings. The maximum Gasteiger partial charge on any atom is 0.225 e. The second kappa shape index (κ2) is 10.1. The van der Waals surface area contributed by atoms with Crippen molar-refractivity contribution in [3.63, 3.8) is 0 Å². The predicted octanol–water partition coefficient (Wildman–Crippen LogP) is 2.05. The zero-order valence-electron chi connectivity index (χ0n) is 14.4. The van der Waals surface area contributed by atoms with Crippen LogP contribution in [0, 0.1) is 0 Å². The van der Waals surface area contributed by atoms with Crippen molar-refractivity contribution in [1.82, 2.24) is 10.2 Å². The van der Waals surface area contributed by atoms with Crippen LogP contribution in [0.5, 0.6) is 0 Å². The first-order chi connectivity index (χ1) is 11.7. The molecule has 1 aromatic carbocycles. The molecule has 0 aromatic heterocycles. The highest BCUT2D eigenvalue weighted by Crippen LogP contribution is 2.14. The van der Waals surface area contributed by atoms with Crippen LogP contribution in [-0.4, -0.2) is 49.9 Å². The second-order valence-corrected chi connectivity index (χ2v) is 6.18. The van der Waals surface area contributed by atoms with Crippen LogP contribution in [0.4, 0.5) is 11.4 Å².